The zero-order valence-corrected chi connectivity index (χ0v) is 9.07. The van der Waals surface area contributed by atoms with Crippen molar-refractivity contribution in [1.82, 2.24) is 4.98 Å². The third-order valence-electron chi connectivity index (χ3n) is 1.78. The van der Waals surface area contributed by atoms with E-state index in [1.54, 1.807) is 0 Å². The molecule has 1 heterocycles. The molecule has 0 unspecified atom stereocenters. The first kappa shape index (κ1) is 14.9. The molecule has 0 radical (unpaired) electrons. The summed E-state index contributed by atoms with van der Waals surface area (Å²) in [5.74, 6) is -2.29. The Hall–Kier alpha value is -2.20. The highest BCUT2D eigenvalue weighted by atomic mass is 19.4. The minimum absolute atomic E-state index is 0.181. The molecule has 0 aliphatic carbocycles. The van der Waals surface area contributed by atoms with Gasteiger partial charge < -0.3 is 9.47 Å². The first-order chi connectivity index (χ1) is 8.65. The molecule has 0 aliphatic rings. The number of methoxy groups -OCH3 is 1. The summed E-state index contributed by atoms with van der Waals surface area (Å²) in [6.07, 6.45) is -8.71. The van der Waals surface area contributed by atoms with Crippen LogP contribution in [0.3, 0.4) is 0 Å². The third-order valence-corrected chi connectivity index (χ3v) is 1.78. The van der Waals surface area contributed by atoms with Gasteiger partial charge in [0.2, 0.25) is 0 Å². The molecule has 1 rings (SSSR count). The quantitative estimate of drug-likeness (QED) is 0.484. The Bertz CT molecular complexity index is 491. The summed E-state index contributed by atoms with van der Waals surface area (Å²) in [4.78, 5) is 12.4. The average Bonchev–Trinajstić information content (AvgIpc) is 2.25. The van der Waals surface area contributed by atoms with Gasteiger partial charge in [0.05, 0.1) is 18.1 Å². The number of alkyl halides is 5. The Balaban J connectivity index is 3.41. The van der Waals surface area contributed by atoms with E-state index in [9.17, 15) is 32.1 Å². The van der Waals surface area contributed by atoms with E-state index in [0.29, 0.717) is 0 Å². The molecule has 0 aromatic carbocycles. The van der Waals surface area contributed by atoms with Gasteiger partial charge in [-0.15, -0.1) is 13.2 Å². The summed E-state index contributed by atoms with van der Waals surface area (Å²) >= 11 is 0. The van der Waals surface area contributed by atoms with Gasteiger partial charge >= 0.3 is 12.0 Å². The number of pyridine rings is 1. The SMILES string of the molecule is COc1nc(C(F)F)c(OC(F)(F)F)cc1[N+](=O)[O-]. The van der Waals surface area contributed by atoms with Crippen LogP contribution in [0.15, 0.2) is 6.07 Å². The van der Waals surface area contributed by atoms with Crippen LogP contribution in [-0.4, -0.2) is 23.4 Å². The molecular weight excluding hydrogens is 283 g/mol. The van der Waals surface area contributed by atoms with Crippen LogP contribution in [0.4, 0.5) is 27.6 Å². The van der Waals surface area contributed by atoms with Crippen molar-refractivity contribution in [3.8, 4) is 11.6 Å². The van der Waals surface area contributed by atoms with E-state index in [4.69, 9.17) is 0 Å². The lowest BCUT2D eigenvalue weighted by Crippen LogP contribution is -2.19. The fraction of sp³-hybridized carbons (Fsp3) is 0.375. The van der Waals surface area contributed by atoms with Crippen LogP contribution in [0.5, 0.6) is 11.6 Å². The van der Waals surface area contributed by atoms with Crippen LogP contribution >= 0.6 is 0 Å². The van der Waals surface area contributed by atoms with Crippen molar-refractivity contribution < 1.29 is 36.3 Å². The van der Waals surface area contributed by atoms with Crippen LogP contribution in [-0.2, 0) is 0 Å². The van der Waals surface area contributed by atoms with Gasteiger partial charge in [-0.05, 0) is 0 Å². The molecule has 11 heteroatoms. The average molecular weight is 288 g/mol. The molecule has 1 aromatic heterocycles. The molecule has 0 aliphatic heterocycles. The van der Waals surface area contributed by atoms with Crippen LogP contribution in [0.1, 0.15) is 12.1 Å². The highest BCUT2D eigenvalue weighted by Gasteiger charge is 2.36. The van der Waals surface area contributed by atoms with Crippen LogP contribution < -0.4 is 9.47 Å². The van der Waals surface area contributed by atoms with E-state index in [-0.39, 0.29) is 6.07 Å². The number of aromatic nitrogens is 1. The summed E-state index contributed by atoms with van der Waals surface area (Å²) in [6, 6.07) is 0.181. The van der Waals surface area contributed by atoms with Crippen molar-refractivity contribution in [1.29, 1.82) is 0 Å². The molecule has 0 atom stereocenters. The first-order valence-electron chi connectivity index (χ1n) is 4.43. The van der Waals surface area contributed by atoms with Gasteiger partial charge in [-0.25, -0.2) is 13.8 Å². The molecular formula is C8H5F5N2O4. The second-order valence-corrected chi connectivity index (χ2v) is 3.01. The van der Waals surface area contributed by atoms with Gasteiger partial charge in [0.25, 0.3) is 12.3 Å². The zero-order valence-electron chi connectivity index (χ0n) is 9.07. The second-order valence-electron chi connectivity index (χ2n) is 3.01. The van der Waals surface area contributed by atoms with Gasteiger partial charge in [-0.1, -0.05) is 0 Å². The lowest BCUT2D eigenvalue weighted by atomic mass is 10.3. The van der Waals surface area contributed by atoms with Gasteiger partial charge in [-0.2, -0.15) is 0 Å². The maximum absolute atomic E-state index is 12.5. The van der Waals surface area contributed by atoms with Crippen molar-refractivity contribution in [3.63, 3.8) is 0 Å². The molecule has 0 bridgehead atoms. The minimum Gasteiger partial charge on any atom is -0.476 e. The van der Waals surface area contributed by atoms with Crippen molar-refractivity contribution in [3.05, 3.63) is 21.9 Å². The lowest BCUT2D eigenvalue weighted by Gasteiger charge is -2.13. The van der Waals surface area contributed by atoms with Gasteiger partial charge in [0, 0.05) is 0 Å². The van der Waals surface area contributed by atoms with Crippen molar-refractivity contribution in [2.24, 2.45) is 0 Å². The molecule has 0 saturated carbocycles. The molecule has 1 aromatic rings. The predicted molar refractivity (Wildman–Crippen MR) is 49.1 cm³/mol. The predicted octanol–water partition coefficient (Wildman–Crippen LogP) is 2.83. The molecule has 0 spiro atoms. The third kappa shape index (κ3) is 3.63. The second kappa shape index (κ2) is 5.20. The summed E-state index contributed by atoms with van der Waals surface area (Å²) in [7, 11) is 0.898. The molecule has 0 fully saturated rings. The Morgan fingerprint density at radius 3 is 2.37 bits per heavy atom. The summed E-state index contributed by atoms with van der Waals surface area (Å²) in [6.45, 7) is 0. The zero-order chi connectivity index (χ0) is 14.8. The largest absolute Gasteiger partial charge is 0.573 e. The van der Waals surface area contributed by atoms with E-state index in [0.717, 1.165) is 7.11 Å². The Morgan fingerprint density at radius 2 is 2.00 bits per heavy atom. The normalized spacial score (nSPS) is 11.5. The number of nitro groups is 1. The molecule has 106 valence electrons. The van der Waals surface area contributed by atoms with E-state index < -0.39 is 40.7 Å². The van der Waals surface area contributed by atoms with Gasteiger partial charge in [-0.3, -0.25) is 10.1 Å². The van der Waals surface area contributed by atoms with Crippen molar-refractivity contribution in [2.45, 2.75) is 12.8 Å². The highest BCUT2D eigenvalue weighted by molar-refractivity contribution is 5.49. The fourth-order valence-corrected chi connectivity index (χ4v) is 1.13. The van der Waals surface area contributed by atoms with Crippen molar-refractivity contribution >= 4 is 5.69 Å². The Labute approximate surface area is 101 Å². The maximum Gasteiger partial charge on any atom is 0.573 e. The number of rotatable bonds is 4. The van der Waals surface area contributed by atoms with Crippen molar-refractivity contribution in [2.75, 3.05) is 7.11 Å². The summed E-state index contributed by atoms with van der Waals surface area (Å²) < 4.78 is 68.7. The first-order valence-corrected chi connectivity index (χ1v) is 4.43. The summed E-state index contributed by atoms with van der Waals surface area (Å²) in [5.41, 5.74) is -2.43. The Kier molecular flexibility index (Phi) is 4.07. The van der Waals surface area contributed by atoms with Crippen LogP contribution in [0.2, 0.25) is 0 Å². The summed E-state index contributed by atoms with van der Waals surface area (Å²) in [5, 5.41) is 10.5. The van der Waals surface area contributed by atoms with E-state index in [1.165, 1.54) is 0 Å². The number of nitrogens with zero attached hydrogens (tertiary/aromatic N) is 2. The molecule has 0 N–H and O–H groups in total. The monoisotopic (exact) mass is 288 g/mol. The van der Waals surface area contributed by atoms with Crippen LogP contribution in [0, 0.1) is 10.1 Å². The van der Waals surface area contributed by atoms with E-state index in [1.807, 2.05) is 0 Å². The fourth-order valence-electron chi connectivity index (χ4n) is 1.13. The highest BCUT2D eigenvalue weighted by Crippen LogP contribution is 2.38. The number of ether oxygens (including phenoxy) is 2. The smallest absolute Gasteiger partial charge is 0.476 e. The molecule has 19 heavy (non-hydrogen) atoms. The van der Waals surface area contributed by atoms with Crippen LogP contribution in [0.25, 0.3) is 0 Å². The molecule has 0 saturated heterocycles. The topological polar surface area (TPSA) is 74.5 Å². The van der Waals surface area contributed by atoms with E-state index in [2.05, 4.69) is 14.5 Å². The Morgan fingerprint density at radius 1 is 1.42 bits per heavy atom. The minimum atomic E-state index is -5.28. The van der Waals surface area contributed by atoms with Gasteiger partial charge in [0.1, 0.15) is 0 Å². The molecule has 6 nitrogen and oxygen atoms in total. The van der Waals surface area contributed by atoms with Gasteiger partial charge in [0.15, 0.2) is 11.4 Å². The standard InChI is InChI=1S/C8H5F5N2O4/c1-18-7-3(15(16)17)2-4(19-8(11,12)13)5(14-7)6(9)10/h2,6H,1H3. The maximum atomic E-state index is 12.5. The number of halogens is 5. The lowest BCUT2D eigenvalue weighted by molar-refractivity contribution is -0.386. The van der Waals surface area contributed by atoms with E-state index >= 15 is 0 Å². The molecule has 0 amide bonds. The number of hydrogen-bond acceptors (Lipinski definition) is 5. The number of hydrogen-bond donors (Lipinski definition) is 0.